The second-order valence-electron chi connectivity index (χ2n) is 7.51. The molecule has 0 fully saturated rings. The average Bonchev–Trinajstić information content (AvgIpc) is 2.69. The number of methoxy groups -OCH3 is 1. The van der Waals surface area contributed by atoms with E-state index in [2.05, 4.69) is 0 Å². The van der Waals surface area contributed by atoms with Crippen LogP contribution in [0, 0.1) is 0 Å². The SMILES string of the molecule is COC1CC(=O)c2cccc3c2C12Oc1ccc(O)c4c1C(CCC4=O)(O3)O2. The molecule has 2 aliphatic carbocycles. The number of hydrogen-bond acceptors (Lipinski definition) is 7. The summed E-state index contributed by atoms with van der Waals surface area (Å²) in [6, 6.07) is 8.28. The largest absolute Gasteiger partial charge is 0.507 e. The molecule has 7 heteroatoms. The summed E-state index contributed by atoms with van der Waals surface area (Å²) in [7, 11) is 1.51. The fourth-order valence-corrected chi connectivity index (χ4v) is 4.93. The highest BCUT2D eigenvalue weighted by atomic mass is 16.8. The first-order valence-corrected chi connectivity index (χ1v) is 9.16. The van der Waals surface area contributed by atoms with Crippen LogP contribution in [0.2, 0.25) is 0 Å². The number of rotatable bonds is 1. The third kappa shape index (κ3) is 1.67. The Bertz CT molecular complexity index is 1090. The van der Waals surface area contributed by atoms with Crippen LogP contribution >= 0.6 is 0 Å². The standard InChI is InChI=1S/C21H16O7/c1-25-16-9-13(24)10-3-2-4-14-18(10)21(16)27-15-6-5-11(22)17-12(23)7-8-20(26-14,28-21)19(15)17/h2-6,16,22H,7-9H2,1H3. The predicted molar refractivity (Wildman–Crippen MR) is 93.6 cm³/mol. The van der Waals surface area contributed by atoms with E-state index in [-0.39, 0.29) is 42.1 Å². The zero-order valence-corrected chi connectivity index (χ0v) is 15.0. The summed E-state index contributed by atoms with van der Waals surface area (Å²) in [5, 5.41) is 10.3. The Morgan fingerprint density at radius 2 is 1.89 bits per heavy atom. The molecule has 7 nitrogen and oxygen atoms in total. The molecular formula is C21H16O7. The molecule has 2 heterocycles. The van der Waals surface area contributed by atoms with E-state index in [4.69, 9.17) is 18.9 Å². The van der Waals surface area contributed by atoms with Crippen LogP contribution in [-0.4, -0.2) is 29.9 Å². The van der Waals surface area contributed by atoms with Crippen LogP contribution in [0.5, 0.6) is 17.2 Å². The number of carbonyl (C=O) groups is 2. The van der Waals surface area contributed by atoms with Crippen molar-refractivity contribution in [3.63, 3.8) is 0 Å². The van der Waals surface area contributed by atoms with Crippen molar-refractivity contribution in [1.82, 2.24) is 0 Å². The lowest BCUT2D eigenvalue weighted by Gasteiger charge is -2.56. The van der Waals surface area contributed by atoms with Crippen molar-refractivity contribution >= 4 is 11.6 Å². The molecule has 6 rings (SSSR count). The van der Waals surface area contributed by atoms with E-state index in [1.165, 1.54) is 13.2 Å². The van der Waals surface area contributed by atoms with Gasteiger partial charge in [0.2, 0.25) is 5.79 Å². The molecule has 0 aromatic heterocycles. The molecule has 2 aliphatic heterocycles. The number of phenols is 1. The first-order valence-electron chi connectivity index (χ1n) is 9.16. The molecule has 0 radical (unpaired) electrons. The van der Waals surface area contributed by atoms with E-state index in [0.717, 1.165) is 0 Å². The Morgan fingerprint density at radius 3 is 2.71 bits per heavy atom. The van der Waals surface area contributed by atoms with Crippen molar-refractivity contribution in [2.24, 2.45) is 0 Å². The molecule has 3 atom stereocenters. The Labute approximate surface area is 159 Å². The lowest BCUT2D eigenvalue weighted by atomic mass is 9.77. The molecule has 2 spiro atoms. The molecule has 2 bridgehead atoms. The van der Waals surface area contributed by atoms with Crippen LogP contribution in [0.1, 0.15) is 51.1 Å². The molecule has 0 saturated carbocycles. The second kappa shape index (κ2) is 4.92. The van der Waals surface area contributed by atoms with Gasteiger partial charge in [-0.1, -0.05) is 12.1 Å². The minimum absolute atomic E-state index is 0.0721. The summed E-state index contributed by atoms with van der Waals surface area (Å²) in [4.78, 5) is 25.2. The maximum atomic E-state index is 12.7. The van der Waals surface area contributed by atoms with Gasteiger partial charge in [-0.3, -0.25) is 14.3 Å². The summed E-state index contributed by atoms with van der Waals surface area (Å²) < 4.78 is 24.8. The van der Waals surface area contributed by atoms with Crippen LogP contribution in [0.4, 0.5) is 0 Å². The van der Waals surface area contributed by atoms with E-state index < -0.39 is 17.7 Å². The Morgan fingerprint density at radius 1 is 1.07 bits per heavy atom. The van der Waals surface area contributed by atoms with Crippen LogP contribution in [0.25, 0.3) is 0 Å². The molecule has 4 aliphatic rings. The Hall–Kier alpha value is -2.90. The summed E-state index contributed by atoms with van der Waals surface area (Å²) in [6.45, 7) is 0. The summed E-state index contributed by atoms with van der Waals surface area (Å²) >= 11 is 0. The number of phenolic OH excluding ortho intramolecular Hbond substituents is 1. The average molecular weight is 380 g/mol. The maximum absolute atomic E-state index is 12.7. The highest BCUT2D eigenvalue weighted by molar-refractivity contribution is 6.03. The van der Waals surface area contributed by atoms with Gasteiger partial charge >= 0.3 is 0 Å². The van der Waals surface area contributed by atoms with Crippen molar-refractivity contribution in [3.8, 4) is 17.2 Å². The van der Waals surface area contributed by atoms with Crippen LogP contribution < -0.4 is 9.47 Å². The maximum Gasteiger partial charge on any atom is 0.271 e. The number of Topliss-reactive ketones (excluding diaryl/α,β-unsaturated/α-hetero) is 2. The van der Waals surface area contributed by atoms with E-state index in [9.17, 15) is 14.7 Å². The molecule has 2 aromatic carbocycles. The number of ketones is 2. The fraction of sp³-hybridized carbons (Fsp3) is 0.333. The molecule has 142 valence electrons. The van der Waals surface area contributed by atoms with Gasteiger partial charge in [0.1, 0.15) is 23.4 Å². The number of hydrogen-bond donors (Lipinski definition) is 1. The number of aromatic hydroxyl groups is 1. The number of carbonyl (C=O) groups excluding carboxylic acids is 2. The summed E-state index contributed by atoms with van der Waals surface area (Å²) in [5.41, 5.74) is 1.56. The van der Waals surface area contributed by atoms with E-state index in [0.29, 0.717) is 28.2 Å². The zero-order valence-electron chi connectivity index (χ0n) is 15.0. The number of ether oxygens (including phenoxy) is 4. The van der Waals surface area contributed by atoms with Crippen molar-refractivity contribution in [2.45, 2.75) is 36.9 Å². The van der Waals surface area contributed by atoms with Crippen LogP contribution in [0.15, 0.2) is 30.3 Å². The molecule has 0 saturated heterocycles. The second-order valence-corrected chi connectivity index (χ2v) is 7.51. The highest BCUT2D eigenvalue weighted by Gasteiger charge is 2.66. The Balaban J connectivity index is 1.71. The zero-order chi connectivity index (χ0) is 19.3. The third-order valence-corrected chi connectivity index (χ3v) is 6.09. The topological polar surface area (TPSA) is 91.3 Å². The minimum Gasteiger partial charge on any atom is -0.507 e. The molecule has 1 N–H and O–H groups in total. The van der Waals surface area contributed by atoms with Crippen molar-refractivity contribution in [1.29, 1.82) is 0 Å². The van der Waals surface area contributed by atoms with E-state index in [1.807, 2.05) is 0 Å². The van der Waals surface area contributed by atoms with Crippen LogP contribution in [0.3, 0.4) is 0 Å². The first kappa shape index (κ1) is 16.1. The van der Waals surface area contributed by atoms with Gasteiger partial charge in [-0.2, -0.15) is 0 Å². The minimum atomic E-state index is -1.37. The monoisotopic (exact) mass is 380 g/mol. The first-order chi connectivity index (χ1) is 13.5. The smallest absolute Gasteiger partial charge is 0.271 e. The molecule has 28 heavy (non-hydrogen) atoms. The normalized spacial score (nSPS) is 31.4. The highest BCUT2D eigenvalue weighted by Crippen LogP contribution is 2.61. The molecule has 3 unspecified atom stereocenters. The lowest BCUT2D eigenvalue weighted by Crippen LogP contribution is -2.63. The quantitative estimate of drug-likeness (QED) is 0.813. The number of benzene rings is 2. The van der Waals surface area contributed by atoms with Gasteiger partial charge in [0.25, 0.3) is 5.79 Å². The van der Waals surface area contributed by atoms with E-state index in [1.54, 1.807) is 24.3 Å². The summed E-state index contributed by atoms with van der Waals surface area (Å²) in [5.74, 6) is -2.19. The third-order valence-electron chi connectivity index (χ3n) is 6.09. The van der Waals surface area contributed by atoms with Crippen LogP contribution in [-0.2, 0) is 21.0 Å². The van der Waals surface area contributed by atoms with Gasteiger partial charge in [0.15, 0.2) is 11.6 Å². The van der Waals surface area contributed by atoms with Gasteiger partial charge in [0.05, 0.1) is 16.7 Å². The molecular weight excluding hydrogens is 364 g/mol. The lowest BCUT2D eigenvalue weighted by molar-refractivity contribution is -0.387. The van der Waals surface area contributed by atoms with Gasteiger partial charge in [0, 0.05) is 31.9 Å². The van der Waals surface area contributed by atoms with Crippen molar-refractivity contribution in [3.05, 3.63) is 52.6 Å². The van der Waals surface area contributed by atoms with E-state index >= 15 is 0 Å². The van der Waals surface area contributed by atoms with Gasteiger partial charge < -0.3 is 19.3 Å². The van der Waals surface area contributed by atoms with Gasteiger partial charge in [-0.25, -0.2) is 0 Å². The van der Waals surface area contributed by atoms with Crippen molar-refractivity contribution in [2.75, 3.05) is 7.11 Å². The van der Waals surface area contributed by atoms with Gasteiger partial charge in [-0.15, -0.1) is 0 Å². The Kier molecular flexibility index (Phi) is 2.83. The molecule has 0 amide bonds. The summed E-state index contributed by atoms with van der Waals surface area (Å²) in [6.07, 6.45) is -0.153. The van der Waals surface area contributed by atoms with Crippen molar-refractivity contribution < 1.29 is 33.6 Å². The fourth-order valence-electron chi connectivity index (χ4n) is 4.93. The predicted octanol–water partition coefficient (Wildman–Crippen LogP) is 2.78. The molecule has 2 aromatic rings. The van der Waals surface area contributed by atoms with Gasteiger partial charge in [-0.05, 0) is 18.2 Å².